The number of rotatable bonds is 10. The molecule has 27 heteroatoms. The summed E-state index contributed by atoms with van der Waals surface area (Å²) >= 11 is 0. The van der Waals surface area contributed by atoms with E-state index in [1.807, 2.05) is 6.92 Å². The Morgan fingerprint density at radius 2 is 1.07 bits per heavy atom. The zero-order chi connectivity index (χ0) is 68.4. The van der Waals surface area contributed by atoms with Crippen LogP contribution < -0.4 is 27.0 Å². The predicted molar refractivity (Wildman–Crippen MR) is 335 cm³/mol. The minimum atomic E-state index is -1.83. The molecular formula is C65H92N12O15. The second-order valence-electron chi connectivity index (χ2n) is 26.2. The van der Waals surface area contributed by atoms with Crippen molar-refractivity contribution >= 4 is 88.2 Å². The summed E-state index contributed by atoms with van der Waals surface area (Å²) in [4.78, 5) is 201. The van der Waals surface area contributed by atoms with Crippen LogP contribution in [0, 0.1) is 30.6 Å². The van der Waals surface area contributed by atoms with Gasteiger partial charge in [0, 0.05) is 53.3 Å². The van der Waals surface area contributed by atoms with Crippen molar-refractivity contribution < 1.29 is 71.8 Å². The SMILES string of the molecule is CC[C@@H](C)[C@H]1NC(=O)[C@@H]2CCCN2C(=O)CN(C)C(=O)[C@H](C(C)C)N(C)C(=O)[C@H](NC(=O)C2=C(N)C(=O)C(C)=C3Cc4c(C)ccc(C(=O)N[C@@H]5C(=O)N(C)[C@@H](C(C)C)C(=O)N(C)CC(=O)N6CCC[C@H]6C(=O)N[C@H]([C@@H](C)CC)C(=O)O[C@@H]5C)c4N=C32)[C@@H](C)OC1=O. The number of nitrogens with two attached hydrogens (primary N) is 1. The molecule has 1 aromatic rings. The average molecular weight is 1280 g/mol. The number of aliphatic imine (C=N–C) groups is 1. The highest BCUT2D eigenvalue weighted by Gasteiger charge is 2.47. The number of nitrogens with zero attached hydrogens (tertiary/aromatic N) is 7. The summed E-state index contributed by atoms with van der Waals surface area (Å²) in [5.74, 6) is -12.3. The zero-order valence-electron chi connectivity index (χ0n) is 55.8. The number of benzene rings is 1. The van der Waals surface area contributed by atoms with E-state index in [1.165, 1.54) is 69.7 Å². The van der Waals surface area contributed by atoms with Gasteiger partial charge in [-0.2, -0.15) is 0 Å². The standard InChI is InChI=1S/C65H92N12O15/c1-17-32(7)47-64(89)91-36(11)49(60(85)74(15)53(30(3)4)62(87)72(13)28-43(78)76-25-19-21-41(76)57(82)68-47)70-56(81)38-24-23-34(9)39-27-40-35(10)55(80)46(66)45(52(40)67-51(38)39)59(84)71-50-37(12)92-65(90)48(33(8)18-2)69-58(83)42-22-20-26-77(42)44(79)29-73(14)63(88)54(31(5)6)75(16)61(50)86/h23-24,30-33,36-37,41-42,47-50,53-54H,17-22,25-29,66H2,1-16H3,(H,68,82)(H,69,83)(H,70,81)(H,71,84)/t32-,33+,36+,37+,41-,42-,47+,48+,49-,50+,53-,54-/m0/s1. The summed E-state index contributed by atoms with van der Waals surface area (Å²) in [6.07, 6.45) is -0.764. The molecular weight excluding hydrogens is 1190 g/mol. The van der Waals surface area contributed by atoms with E-state index in [0.29, 0.717) is 49.7 Å². The second kappa shape index (κ2) is 29.0. The molecule has 0 saturated carbocycles. The summed E-state index contributed by atoms with van der Waals surface area (Å²) in [5, 5.41) is 11.0. The fraction of sp³-hybridized carbons (Fsp3) is 0.631. The van der Waals surface area contributed by atoms with Crippen LogP contribution in [0.5, 0.6) is 0 Å². The molecule has 0 aromatic heterocycles. The van der Waals surface area contributed by atoms with Crippen molar-refractivity contribution in [3.05, 3.63) is 51.2 Å². The van der Waals surface area contributed by atoms with Crippen LogP contribution in [0.3, 0.4) is 0 Å². The molecule has 92 heavy (non-hydrogen) atoms. The zero-order valence-corrected chi connectivity index (χ0v) is 55.8. The Hall–Kier alpha value is -8.52. The molecule has 4 fully saturated rings. The van der Waals surface area contributed by atoms with Crippen LogP contribution in [0.2, 0.25) is 0 Å². The Morgan fingerprint density at radius 3 is 1.48 bits per heavy atom. The minimum absolute atomic E-state index is 0.0234. The van der Waals surface area contributed by atoms with Crippen molar-refractivity contribution in [3.63, 3.8) is 0 Å². The third-order valence-electron chi connectivity index (χ3n) is 19.1. The summed E-state index contributed by atoms with van der Waals surface area (Å²) in [6, 6.07) is -7.45. The number of fused-ring (bicyclic) bond motifs is 4. The number of Topliss-reactive ketones (excluding diaryl/α,β-unsaturated/α-hetero) is 1. The summed E-state index contributed by atoms with van der Waals surface area (Å²) < 4.78 is 12.1. The molecule has 10 amide bonds. The van der Waals surface area contributed by atoms with Gasteiger partial charge in [-0.3, -0.25) is 52.7 Å². The Labute approximate surface area is 537 Å². The Morgan fingerprint density at radius 1 is 0.641 bits per heavy atom. The van der Waals surface area contributed by atoms with Crippen LogP contribution in [0.25, 0.3) is 0 Å². The number of hydrogen-bond acceptors (Lipinski definition) is 17. The van der Waals surface area contributed by atoms with Crippen molar-refractivity contribution in [2.24, 2.45) is 34.4 Å². The van der Waals surface area contributed by atoms with Gasteiger partial charge in [0.1, 0.15) is 60.5 Å². The van der Waals surface area contributed by atoms with Gasteiger partial charge < -0.3 is 65.9 Å². The molecule has 6 aliphatic rings. The van der Waals surface area contributed by atoms with Crippen molar-refractivity contribution in [1.29, 1.82) is 0 Å². The number of cyclic esters (lactones) is 2. The van der Waals surface area contributed by atoms with E-state index in [2.05, 4.69) is 21.3 Å². The van der Waals surface area contributed by atoms with Crippen LogP contribution in [-0.4, -0.2) is 227 Å². The number of ketones is 1. The van der Waals surface area contributed by atoms with E-state index in [-0.39, 0.29) is 47.6 Å². The van der Waals surface area contributed by atoms with Crippen molar-refractivity contribution in [3.8, 4) is 0 Å². The summed E-state index contributed by atoms with van der Waals surface area (Å²) in [5.41, 5.74) is 6.51. The molecule has 0 bridgehead atoms. The number of esters is 2. The Kier molecular flexibility index (Phi) is 22.3. The molecule has 6 N–H and O–H groups in total. The largest absolute Gasteiger partial charge is 0.458 e. The number of likely N-dealkylation sites (N-methyl/N-ethyl adjacent to an activating group) is 4. The average Bonchev–Trinajstić information content (AvgIpc) is 0.848. The molecule has 12 atom stereocenters. The number of aryl methyl sites for hydroxylation is 1. The number of carbonyl (C=O) groups excluding carboxylic acids is 13. The third-order valence-corrected chi connectivity index (χ3v) is 19.1. The summed E-state index contributed by atoms with van der Waals surface area (Å²) in [6.45, 7) is 19.4. The molecule has 27 nitrogen and oxygen atoms in total. The van der Waals surface area contributed by atoms with Crippen LogP contribution in [0.1, 0.15) is 136 Å². The predicted octanol–water partition coefficient (Wildman–Crippen LogP) is 1.14. The molecule has 0 unspecified atom stereocenters. The van der Waals surface area contributed by atoms with Crippen LogP contribution >= 0.6 is 0 Å². The lowest BCUT2D eigenvalue weighted by atomic mass is 9.80. The number of nitrogens with one attached hydrogen (secondary N) is 4. The Balaban J connectivity index is 1.29. The number of amides is 10. The molecule has 4 saturated heterocycles. The Bertz CT molecular complexity index is 3300. The summed E-state index contributed by atoms with van der Waals surface area (Å²) in [7, 11) is 5.50. The fourth-order valence-electron chi connectivity index (χ4n) is 13.1. The highest BCUT2D eigenvalue weighted by atomic mass is 16.6. The van der Waals surface area contributed by atoms with Gasteiger partial charge in [0.2, 0.25) is 53.0 Å². The van der Waals surface area contributed by atoms with E-state index in [0.717, 1.165) is 14.7 Å². The maximum absolute atomic E-state index is 15.3. The quantitative estimate of drug-likeness (QED) is 0.162. The van der Waals surface area contributed by atoms with Crippen molar-refractivity contribution in [2.75, 3.05) is 54.4 Å². The normalized spacial score (nSPS) is 27.9. The monoisotopic (exact) mass is 1280 g/mol. The van der Waals surface area contributed by atoms with Gasteiger partial charge in [-0.1, -0.05) is 74.3 Å². The number of ether oxygens (including phenoxy) is 2. The highest BCUT2D eigenvalue weighted by Crippen LogP contribution is 2.40. The number of allylic oxidation sites excluding steroid dienone is 2. The van der Waals surface area contributed by atoms with Crippen LogP contribution in [-0.2, 0) is 73.4 Å². The fourth-order valence-corrected chi connectivity index (χ4v) is 13.1. The lowest BCUT2D eigenvalue weighted by Gasteiger charge is -2.38. The maximum atomic E-state index is 15.3. The minimum Gasteiger partial charge on any atom is -0.458 e. The first-order chi connectivity index (χ1) is 43.2. The molecule has 1 aliphatic carbocycles. The molecule has 0 radical (unpaired) electrons. The lowest BCUT2D eigenvalue weighted by molar-refractivity contribution is -0.161. The van der Waals surface area contributed by atoms with Crippen molar-refractivity contribution in [2.45, 2.75) is 189 Å². The van der Waals surface area contributed by atoms with Crippen LogP contribution in [0.15, 0.2) is 39.5 Å². The van der Waals surface area contributed by atoms with E-state index in [9.17, 15) is 43.2 Å². The van der Waals surface area contributed by atoms with E-state index >= 15 is 19.2 Å². The van der Waals surface area contributed by atoms with Gasteiger partial charge in [0.05, 0.1) is 41.3 Å². The van der Waals surface area contributed by atoms with Gasteiger partial charge in [-0.15, -0.1) is 0 Å². The number of hydrogen-bond donors (Lipinski definition) is 5. The highest BCUT2D eigenvalue weighted by molar-refractivity contribution is 6.38. The molecule has 7 rings (SSSR count). The first-order valence-corrected chi connectivity index (χ1v) is 31.9. The molecule has 5 heterocycles. The molecule has 1 aromatic carbocycles. The smallest absolute Gasteiger partial charge is 0.329 e. The second-order valence-corrected chi connectivity index (χ2v) is 26.2. The van der Waals surface area contributed by atoms with E-state index < -0.39 is 185 Å². The van der Waals surface area contributed by atoms with E-state index in [4.69, 9.17) is 20.2 Å². The van der Waals surface area contributed by atoms with Gasteiger partial charge >= 0.3 is 11.9 Å². The lowest BCUT2D eigenvalue weighted by Crippen LogP contribution is -2.61. The van der Waals surface area contributed by atoms with Gasteiger partial charge in [0.15, 0.2) is 0 Å². The first-order valence-electron chi connectivity index (χ1n) is 31.9. The molecule has 502 valence electrons. The first kappa shape index (κ1) is 70.9. The van der Waals surface area contributed by atoms with Crippen molar-refractivity contribution in [1.82, 2.24) is 50.7 Å². The van der Waals surface area contributed by atoms with Gasteiger partial charge in [-0.25, -0.2) is 14.6 Å². The van der Waals surface area contributed by atoms with Gasteiger partial charge in [-0.05, 0) is 99.8 Å². The van der Waals surface area contributed by atoms with Crippen LogP contribution in [0.4, 0.5) is 5.69 Å². The number of carbonyl (C=O) groups is 13. The van der Waals surface area contributed by atoms with Gasteiger partial charge in [0.25, 0.3) is 11.8 Å². The third kappa shape index (κ3) is 14.2. The van der Waals surface area contributed by atoms with E-state index in [1.54, 1.807) is 61.5 Å². The molecule has 5 aliphatic heterocycles. The molecule has 0 spiro atoms. The maximum Gasteiger partial charge on any atom is 0.329 e. The topological polar surface area (TPSA) is 346 Å².